The molecule has 218 valence electrons. The predicted molar refractivity (Wildman–Crippen MR) is 167 cm³/mol. The first-order chi connectivity index (χ1) is 19.6. The molecular weight excluding hydrogens is 516 g/mol. The molecule has 5 nitrogen and oxygen atoms in total. The molecule has 3 rings (SSSR count). The third-order valence-electron chi connectivity index (χ3n) is 7.40. The molecule has 0 saturated carbocycles. The molecule has 0 aliphatic heterocycles. The van der Waals surface area contributed by atoms with Crippen molar-refractivity contribution in [2.24, 2.45) is 0 Å². The lowest BCUT2D eigenvalue weighted by atomic mass is 10.1. The van der Waals surface area contributed by atoms with Gasteiger partial charge in [-0.1, -0.05) is 113 Å². The zero-order valence-corrected chi connectivity index (χ0v) is 25.7. The minimum Gasteiger partial charge on any atom is -0.497 e. The normalized spacial score (nSPS) is 11.0. The van der Waals surface area contributed by atoms with Gasteiger partial charge in [-0.3, -0.25) is 4.79 Å². The topological polar surface area (TPSA) is 51.4 Å². The van der Waals surface area contributed by atoms with Gasteiger partial charge in [0.1, 0.15) is 11.5 Å². The van der Waals surface area contributed by atoms with Crippen molar-refractivity contribution < 1.29 is 18.8 Å². The van der Waals surface area contributed by atoms with Crippen LogP contribution in [0.5, 0.6) is 11.5 Å². The summed E-state index contributed by atoms with van der Waals surface area (Å²) in [4.78, 5) is 13.1. The Bertz CT molecular complexity index is 1140. The monoisotopic (exact) mass is 565 g/mol. The fraction of sp³-hybridized carbons (Fsp3) is 0.529. The number of aromatic nitrogens is 1. The Balaban J connectivity index is 1.43. The van der Waals surface area contributed by atoms with Crippen LogP contribution in [0, 0.1) is 6.92 Å². The summed E-state index contributed by atoms with van der Waals surface area (Å²) in [6.45, 7) is 5.75. The van der Waals surface area contributed by atoms with E-state index in [0.29, 0.717) is 6.61 Å². The Morgan fingerprint density at radius 1 is 0.875 bits per heavy atom. The van der Waals surface area contributed by atoms with E-state index in [2.05, 4.69) is 41.4 Å². The van der Waals surface area contributed by atoms with E-state index in [1.807, 2.05) is 36.4 Å². The van der Waals surface area contributed by atoms with Gasteiger partial charge in [0.15, 0.2) is 12.7 Å². The Hall–Kier alpha value is -2.86. The number of benzene rings is 2. The first kappa shape index (κ1) is 31.7. The molecule has 6 heteroatoms. The number of carbonyl (C=O) groups excluding carboxylic acids is 1. The molecule has 40 heavy (non-hydrogen) atoms. The largest absolute Gasteiger partial charge is 0.497 e. The number of thiazole rings is 1. The molecule has 1 aromatic heterocycles. The number of ether oxygens (including phenoxy) is 2. The number of unbranched alkanes of at least 4 members (excludes halogenated alkanes) is 11. The molecule has 0 fully saturated rings. The van der Waals surface area contributed by atoms with Gasteiger partial charge in [0.2, 0.25) is 10.9 Å². The number of nitrogens with zero attached hydrogens (tertiary/aromatic N) is 1. The van der Waals surface area contributed by atoms with Crippen LogP contribution in [0.15, 0.2) is 54.0 Å². The number of amides is 1. The highest BCUT2D eigenvalue weighted by Gasteiger charge is 2.15. The van der Waals surface area contributed by atoms with E-state index in [0.717, 1.165) is 41.3 Å². The molecule has 1 amide bonds. The molecule has 0 saturated heterocycles. The summed E-state index contributed by atoms with van der Waals surface area (Å²) >= 11 is 1.72. The van der Waals surface area contributed by atoms with Crippen LogP contribution in [0.3, 0.4) is 0 Å². The summed E-state index contributed by atoms with van der Waals surface area (Å²) in [5.41, 5.74) is 2.80. The van der Waals surface area contributed by atoms with Gasteiger partial charge >= 0.3 is 0 Å². The van der Waals surface area contributed by atoms with Crippen molar-refractivity contribution >= 4 is 22.9 Å². The highest BCUT2D eigenvalue weighted by Crippen LogP contribution is 2.26. The summed E-state index contributed by atoms with van der Waals surface area (Å²) in [7, 11) is 1.65. The molecule has 1 N–H and O–H groups in total. The maximum Gasteiger partial charge on any atom is 0.234 e. The molecule has 2 aromatic carbocycles. The summed E-state index contributed by atoms with van der Waals surface area (Å²) in [6.07, 6.45) is 18.1. The Labute approximate surface area is 245 Å². The van der Waals surface area contributed by atoms with Gasteiger partial charge in [0.25, 0.3) is 0 Å². The van der Waals surface area contributed by atoms with Crippen molar-refractivity contribution in [3.8, 4) is 11.5 Å². The fourth-order valence-electron chi connectivity index (χ4n) is 4.94. The lowest BCUT2D eigenvalue weighted by Crippen LogP contribution is -2.34. The van der Waals surface area contributed by atoms with Gasteiger partial charge in [-0.15, -0.1) is 0 Å². The average molecular weight is 566 g/mol. The van der Waals surface area contributed by atoms with E-state index < -0.39 is 0 Å². The van der Waals surface area contributed by atoms with Crippen molar-refractivity contribution in [3.63, 3.8) is 0 Å². The van der Waals surface area contributed by atoms with Crippen LogP contribution >= 0.6 is 11.3 Å². The number of rotatable bonds is 20. The van der Waals surface area contributed by atoms with E-state index >= 15 is 0 Å². The molecule has 0 spiro atoms. The Morgan fingerprint density at radius 3 is 2.20 bits per heavy atom. The number of aryl methyl sites for hydroxylation is 1. The zero-order valence-electron chi connectivity index (χ0n) is 24.9. The summed E-state index contributed by atoms with van der Waals surface area (Å²) in [5, 5.41) is 6.44. The average Bonchev–Trinajstić information content (AvgIpc) is 3.37. The molecule has 0 unspecified atom stereocenters. The van der Waals surface area contributed by atoms with Gasteiger partial charge in [-0.2, -0.15) is 4.57 Å². The highest BCUT2D eigenvalue weighted by molar-refractivity contribution is 7.09. The number of anilines is 1. The van der Waals surface area contributed by atoms with Crippen LogP contribution in [0.4, 0.5) is 5.69 Å². The van der Waals surface area contributed by atoms with Crippen LogP contribution in [-0.2, 0) is 17.8 Å². The van der Waals surface area contributed by atoms with Crippen LogP contribution in [0.1, 0.15) is 100 Å². The predicted octanol–water partition coefficient (Wildman–Crippen LogP) is 8.66. The number of methoxy groups -OCH3 is 1. The first-order valence-corrected chi connectivity index (χ1v) is 16.1. The van der Waals surface area contributed by atoms with Crippen molar-refractivity contribution in [2.75, 3.05) is 19.0 Å². The van der Waals surface area contributed by atoms with Crippen molar-refractivity contribution in [1.82, 2.24) is 0 Å². The van der Waals surface area contributed by atoms with E-state index in [1.54, 1.807) is 18.4 Å². The van der Waals surface area contributed by atoms with E-state index in [1.165, 1.54) is 75.6 Å². The molecule has 0 bridgehead atoms. The third kappa shape index (κ3) is 11.3. The fourth-order valence-corrected chi connectivity index (χ4v) is 5.60. The second kappa shape index (κ2) is 18.5. The van der Waals surface area contributed by atoms with Gasteiger partial charge in [0.05, 0.1) is 31.2 Å². The van der Waals surface area contributed by atoms with E-state index in [4.69, 9.17) is 9.47 Å². The molecule has 0 aliphatic carbocycles. The van der Waals surface area contributed by atoms with Crippen LogP contribution in [0.2, 0.25) is 0 Å². The molecule has 0 aliphatic rings. The second-order valence-electron chi connectivity index (χ2n) is 10.6. The van der Waals surface area contributed by atoms with Crippen molar-refractivity contribution in [1.29, 1.82) is 0 Å². The smallest absolute Gasteiger partial charge is 0.234 e. The number of hydrogen-bond donors (Lipinski definition) is 1. The lowest BCUT2D eigenvalue weighted by molar-refractivity contribution is -0.689. The molecule has 3 aromatic rings. The Kier molecular flexibility index (Phi) is 14.6. The van der Waals surface area contributed by atoms with Crippen LogP contribution in [0.25, 0.3) is 0 Å². The lowest BCUT2D eigenvalue weighted by Gasteiger charge is -2.14. The van der Waals surface area contributed by atoms with E-state index in [9.17, 15) is 4.79 Å². The zero-order chi connectivity index (χ0) is 28.4. The maximum absolute atomic E-state index is 13.1. The van der Waals surface area contributed by atoms with Crippen molar-refractivity contribution in [3.05, 3.63) is 70.2 Å². The minimum absolute atomic E-state index is 0.0557. The minimum atomic E-state index is -0.0557. The summed E-state index contributed by atoms with van der Waals surface area (Å²) in [6, 6.07) is 13.7. The number of carbonyl (C=O) groups is 1. The van der Waals surface area contributed by atoms with Crippen molar-refractivity contribution in [2.45, 2.75) is 104 Å². The van der Waals surface area contributed by atoms with Gasteiger partial charge < -0.3 is 14.8 Å². The van der Waals surface area contributed by atoms with E-state index in [-0.39, 0.29) is 12.3 Å². The first-order valence-electron chi connectivity index (χ1n) is 15.2. The standard InChI is InChI=1S/C34H48N2O3S/c1-4-5-6-7-8-9-10-11-12-13-14-17-23-39-33-26-31(38-3)21-20-29(33)25-34(37)35-32-19-16-15-18-30(32)27-36-22-24-40-28(36)2/h15-16,18-22,24,26H,4-14,17,23,25,27H2,1-3H3/p+1. The number of nitrogens with one attached hydrogen (secondary N) is 1. The van der Waals surface area contributed by atoms with Gasteiger partial charge in [0, 0.05) is 24.1 Å². The highest BCUT2D eigenvalue weighted by atomic mass is 32.1. The van der Waals surface area contributed by atoms with Gasteiger partial charge in [-0.25, -0.2) is 0 Å². The summed E-state index contributed by atoms with van der Waals surface area (Å²) in [5.74, 6) is 1.41. The maximum atomic E-state index is 13.1. The molecular formula is C34H49N2O3S+. The SMILES string of the molecule is CCCCCCCCCCCCCCOc1cc(OC)ccc1CC(=O)Nc1ccccc1C[n+]1ccsc1C. The molecule has 0 atom stereocenters. The van der Waals surface area contributed by atoms with Crippen LogP contribution < -0.4 is 19.4 Å². The van der Waals surface area contributed by atoms with Gasteiger partial charge in [-0.05, 0) is 18.6 Å². The Morgan fingerprint density at radius 2 is 1.55 bits per heavy atom. The second-order valence-corrected chi connectivity index (χ2v) is 11.7. The van der Waals surface area contributed by atoms with Crippen LogP contribution in [-0.4, -0.2) is 19.6 Å². The molecule has 0 radical (unpaired) electrons. The summed E-state index contributed by atoms with van der Waals surface area (Å²) < 4.78 is 13.8. The number of hydrogen-bond acceptors (Lipinski definition) is 4. The number of para-hydroxylation sites is 1. The quantitative estimate of drug-likeness (QED) is 0.110. The molecule has 1 heterocycles. The third-order valence-corrected chi connectivity index (χ3v) is 8.23.